The first-order valence-electron chi connectivity index (χ1n) is 6.86. The molecule has 0 amide bonds. The third kappa shape index (κ3) is 2.94. The Hall–Kier alpha value is -2.02. The van der Waals surface area contributed by atoms with Crippen LogP contribution in [0.2, 0.25) is 0 Å². The Labute approximate surface area is 125 Å². The van der Waals surface area contributed by atoms with Gasteiger partial charge in [0.2, 0.25) is 0 Å². The minimum absolute atomic E-state index is 0.0447. The average Bonchev–Trinajstić information content (AvgIpc) is 3.17. The second kappa shape index (κ2) is 5.64. The molecule has 1 aromatic carbocycles. The average molecular weight is 312 g/mol. The van der Waals surface area contributed by atoms with E-state index in [1.54, 1.807) is 13.2 Å². The topological polar surface area (TPSA) is 38.5 Å². The lowest BCUT2D eigenvalue weighted by atomic mass is 10.1. The molecule has 3 rings (SSSR count). The van der Waals surface area contributed by atoms with Crippen molar-refractivity contribution in [1.82, 2.24) is 4.98 Å². The molecule has 1 saturated heterocycles. The van der Waals surface area contributed by atoms with Crippen LogP contribution in [0.1, 0.15) is 12.0 Å². The quantitative estimate of drug-likeness (QED) is 0.868. The third-order valence-corrected chi connectivity index (χ3v) is 3.81. The van der Waals surface area contributed by atoms with Crippen LogP contribution in [-0.2, 0) is 10.9 Å². The van der Waals surface area contributed by atoms with E-state index in [0.717, 1.165) is 18.6 Å². The summed E-state index contributed by atoms with van der Waals surface area (Å²) in [6.07, 6.45) is -0.966. The maximum absolute atomic E-state index is 13.1. The Kier molecular flexibility index (Phi) is 3.82. The summed E-state index contributed by atoms with van der Waals surface area (Å²) in [4.78, 5) is 5.65. The van der Waals surface area contributed by atoms with Gasteiger partial charge in [-0.15, -0.1) is 0 Å². The molecule has 22 heavy (non-hydrogen) atoms. The molecule has 0 unspecified atom stereocenters. The first-order valence-corrected chi connectivity index (χ1v) is 6.86. The van der Waals surface area contributed by atoms with E-state index in [1.807, 2.05) is 4.90 Å². The highest BCUT2D eigenvalue weighted by molar-refractivity contribution is 5.66. The van der Waals surface area contributed by atoms with Crippen LogP contribution < -0.4 is 4.90 Å². The van der Waals surface area contributed by atoms with Crippen LogP contribution in [0.15, 0.2) is 35.2 Å². The SMILES string of the molecule is CO[C@H]1CCN(c2cc(-c3cnco3)cc(C(F)(F)F)c2)C1. The fraction of sp³-hybridized carbons (Fsp3) is 0.400. The predicted octanol–water partition coefficient (Wildman–Crippen LogP) is 3.59. The monoisotopic (exact) mass is 312 g/mol. The fourth-order valence-corrected chi connectivity index (χ4v) is 2.61. The molecule has 1 aromatic heterocycles. The molecule has 1 fully saturated rings. The number of hydrogen-bond donors (Lipinski definition) is 0. The Morgan fingerprint density at radius 1 is 1.32 bits per heavy atom. The highest BCUT2D eigenvalue weighted by atomic mass is 19.4. The second-order valence-corrected chi connectivity index (χ2v) is 5.22. The Bertz CT molecular complexity index is 641. The van der Waals surface area contributed by atoms with Crippen LogP contribution in [0.3, 0.4) is 0 Å². The van der Waals surface area contributed by atoms with Crippen molar-refractivity contribution in [3.05, 3.63) is 36.4 Å². The Morgan fingerprint density at radius 3 is 2.73 bits per heavy atom. The minimum atomic E-state index is -4.41. The zero-order valence-electron chi connectivity index (χ0n) is 11.9. The minimum Gasteiger partial charge on any atom is -0.444 e. The summed E-state index contributed by atoms with van der Waals surface area (Å²) in [5.41, 5.74) is 0.182. The normalized spacial score (nSPS) is 18.9. The third-order valence-electron chi connectivity index (χ3n) is 3.81. The van der Waals surface area contributed by atoms with Crippen LogP contribution in [0, 0.1) is 0 Å². The zero-order chi connectivity index (χ0) is 15.7. The maximum Gasteiger partial charge on any atom is 0.416 e. The van der Waals surface area contributed by atoms with E-state index in [1.165, 1.54) is 12.6 Å². The molecule has 1 aliphatic rings. The summed E-state index contributed by atoms with van der Waals surface area (Å²) in [6, 6.07) is 3.93. The number of alkyl halides is 3. The molecular weight excluding hydrogens is 297 g/mol. The number of nitrogens with zero attached hydrogens (tertiary/aromatic N) is 2. The summed E-state index contributed by atoms with van der Waals surface area (Å²) in [5.74, 6) is 0.315. The summed E-state index contributed by atoms with van der Waals surface area (Å²) in [7, 11) is 1.61. The molecule has 118 valence electrons. The molecule has 0 saturated carbocycles. The largest absolute Gasteiger partial charge is 0.444 e. The summed E-state index contributed by atoms with van der Waals surface area (Å²) in [5, 5.41) is 0. The Balaban J connectivity index is 2.01. The van der Waals surface area contributed by atoms with Crippen LogP contribution in [0.4, 0.5) is 18.9 Å². The lowest BCUT2D eigenvalue weighted by Gasteiger charge is -2.21. The van der Waals surface area contributed by atoms with E-state index in [4.69, 9.17) is 9.15 Å². The van der Waals surface area contributed by atoms with Gasteiger partial charge in [0.25, 0.3) is 0 Å². The molecule has 0 radical (unpaired) electrons. The first-order chi connectivity index (χ1) is 10.5. The number of oxazole rings is 1. The molecule has 1 atom stereocenters. The van der Waals surface area contributed by atoms with Crippen molar-refractivity contribution in [2.45, 2.75) is 18.7 Å². The standard InChI is InChI=1S/C15H15F3N2O2/c1-21-13-2-3-20(8-13)12-5-10(14-7-19-9-22-14)4-11(6-12)15(16,17)18/h4-7,9,13H,2-3,8H2,1H3/t13-/m0/s1. The molecule has 0 bridgehead atoms. The number of halogens is 3. The van der Waals surface area contributed by atoms with Crippen LogP contribution in [0.25, 0.3) is 11.3 Å². The van der Waals surface area contributed by atoms with Crippen LogP contribution >= 0.6 is 0 Å². The van der Waals surface area contributed by atoms with Crippen molar-refractivity contribution in [1.29, 1.82) is 0 Å². The van der Waals surface area contributed by atoms with Gasteiger partial charge in [0, 0.05) is 31.5 Å². The van der Waals surface area contributed by atoms with E-state index >= 15 is 0 Å². The number of anilines is 1. The van der Waals surface area contributed by atoms with Gasteiger partial charge in [-0.2, -0.15) is 13.2 Å². The van der Waals surface area contributed by atoms with Gasteiger partial charge in [0.15, 0.2) is 12.2 Å². The van der Waals surface area contributed by atoms with E-state index in [2.05, 4.69) is 4.98 Å². The van der Waals surface area contributed by atoms with Gasteiger partial charge in [-0.25, -0.2) is 4.98 Å². The fourth-order valence-electron chi connectivity index (χ4n) is 2.61. The van der Waals surface area contributed by atoms with E-state index in [-0.39, 0.29) is 6.10 Å². The van der Waals surface area contributed by atoms with Gasteiger partial charge in [0.05, 0.1) is 17.9 Å². The molecule has 4 nitrogen and oxygen atoms in total. The number of rotatable bonds is 3. The van der Waals surface area contributed by atoms with Crippen molar-refractivity contribution in [2.75, 3.05) is 25.1 Å². The van der Waals surface area contributed by atoms with E-state index < -0.39 is 11.7 Å². The van der Waals surface area contributed by atoms with Crippen molar-refractivity contribution < 1.29 is 22.3 Å². The predicted molar refractivity (Wildman–Crippen MR) is 74.6 cm³/mol. The summed E-state index contributed by atoms with van der Waals surface area (Å²) >= 11 is 0. The van der Waals surface area contributed by atoms with Gasteiger partial charge in [-0.1, -0.05) is 0 Å². The van der Waals surface area contributed by atoms with Gasteiger partial charge in [-0.3, -0.25) is 0 Å². The smallest absolute Gasteiger partial charge is 0.416 e. The van der Waals surface area contributed by atoms with Crippen LogP contribution in [-0.4, -0.2) is 31.3 Å². The zero-order valence-corrected chi connectivity index (χ0v) is 11.9. The van der Waals surface area contributed by atoms with Gasteiger partial charge < -0.3 is 14.1 Å². The van der Waals surface area contributed by atoms with Gasteiger partial charge in [-0.05, 0) is 24.6 Å². The van der Waals surface area contributed by atoms with Gasteiger partial charge in [0.1, 0.15) is 0 Å². The Morgan fingerprint density at radius 2 is 2.14 bits per heavy atom. The summed E-state index contributed by atoms with van der Waals surface area (Å²) in [6.45, 7) is 1.24. The number of benzene rings is 1. The molecule has 0 aliphatic carbocycles. The number of ether oxygens (including phenoxy) is 1. The molecule has 1 aliphatic heterocycles. The molecule has 2 aromatic rings. The molecular formula is C15H15F3N2O2. The lowest BCUT2D eigenvalue weighted by molar-refractivity contribution is -0.137. The first kappa shape index (κ1) is 14.9. The van der Waals surface area contributed by atoms with E-state index in [9.17, 15) is 13.2 Å². The highest BCUT2D eigenvalue weighted by Crippen LogP contribution is 2.36. The lowest BCUT2D eigenvalue weighted by Crippen LogP contribution is -2.22. The van der Waals surface area contributed by atoms with Gasteiger partial charge >= 0.3 is 6.18 Å². The van der Waals surface area contributed by atoms with Crippen molar-refractivity contribution in [2.24, 2.45) is 0 Å². The second-order valence-electron chi connectivity index (χ2n) is 5.22. The number of methoxy groups -OCH3 is 1. The van der Waals surface area contributed by atoms with E-state index in [0.29, 0.717) is 30.1 Å². The molecule has 0 spiro atoms. The highest BCUT2D eigenvalue weighted by Gasteiger charge is 2.33. The van der Waals surface area contributed by atoms with Crippen LogP contribution in [0.5, 0.6) is 0 Å². The molecule has 7 heteroatoms. The maximum atomic E-state index is 13.1. The van der Waals surface area contributed by atoms with Crippen molar-refractivity contribution in [3.63, 3.8) is 0 Å². The van der Waals surface area contributed by atoms with Crippen molar-refractivity contribution >= 4 is 5.69 Å². The molecule has 2 heterocycles. The molecule has 0 N–H and O–H groups in total. The number of aromatic nitrogens is 1. The summed E-state index contributed by atoms with van der Waals surface area (Å²) < 4.78 is 49.8. The van der Waals surface area contributed by atoms with Crippen molar-refractivity contribution in [3.8, 4) is 11.3 Å². The number of hydrogen-bond acceptors (Lipinski definition) is 4.